The molecular weight excluding hydrogens is 220 g/mol. The summed E-state index contributed by atoms with van der Waals surface area (Å²) in [6.07, 6.45) is 12.6. The zero-order valence-corrected chi connectivity index (χ0v) is 11.9. The maximum atomic E-state index is 12.3. The number of hydrogen-bond donors (Lipinski definition) is 0. The molecule has 3 fully saturated rings. The van der Waals surface area contributed by atoms with Crippen molar-refractivity contribution < 1.29 is 4.79 Å². The van der Waals surface area contributed by atoms with Crippen molar-refractivity contribution in [3.8, 4) is 12.3 Å². The third-order valence-electron chi connectivity index (χ3n) is 6.79. The molecule has 3 aliphatic carbocycles. The van der Waals surface area contributed by atoms with Crippen LogP contribution in [0.2, 0.25) is 0 Å². The summed E-state index contributed by atoms with van der Waals surface area (Å²) < 4.78 is 0. The van der Waals surface area contributed by atoms with Crippen LogP contribution in [0.4, 0.5) is 0 Å². The summed E-state index contributed by atoms with van der Waals surface area (Å²) in [4.78, 5) is 12.3. The molecule has 1 nitrogen and oxygen atoms in total. The number of rotatable bonds is 1. The molecule has 0 N–H and O–H groups in total. The Hall–Kier alpha value is -0.770. The van der Waals surface area contributed by atoms with Gasteiger partial charge < -0.3 is 0 Å². The minimum absolute atomic E-state index is 0.124. The summed E-state index contributed by atoms with van der Waals surface area (Å²) in [7, 11) is 0. The topological polar surface area (TPSA) is 17.1 Å². The number of fused-ring (bicyclic) bond motifs is 2. The Bertz CT molecular complexity index is 434. The molecule has 4 unspecified atom stereocenters. The summed E-state index contributed by atoms with van der Waals surface area (Å²) in [5, 5.41) is 0. The molecule has 0 heterocycles. The third kappa shape index (κ3) is 1.09. The number of hydrogen-bond acceptors (Lipinski definition) is 1. The molecule has 18 heavy (non-hydrogen) atoms. The molecule has 3 rings (SSSR count). The van der Waals surface area contributed by atoms with Gasteiger partial charge in [-0.25, -0.2) is 0 Å². The molecule has 2 bridgehead atoms. The number of ketones is 1. The standard InChI is InChI=1S/C17H24O/c1-5-17(13-7-6-8-14(13)18)15(2,3)12-9-10-16(17,4)11-12/h1,12-13H,6-11H2,2-4H3. The first kappa shape index (κ1) is 12.3. The van der Waals surface area contributed by atoms with E-state index in [-0.39, 0.29) is 22.2 Å². The first-order valence-corrected chi connectivity index (χ1v) is 7.39. The Morgan fingerprint density at radius 1 is 1.28 bits per heavy atom. The van der Waals surface area contributed by atoms with Gasteiger partial charge in [0.1, 0.15) is 5.78 Å². The molecule has 98 valence electrons. The van der Waals surface area contributed by atoms with E-state index in [0.717, 1.165) is 19.3 Å². The van der Waals surface area contributed by atoms with E-state index in [1.165, 1.54) is 19.3 Å². The van der Waals surface area contributed by atoms with Crippen LogP contribution in [-0.2, 0) is 4.79 Å². The van der Waals surface area contributed by atoms with E-state index in [2.05, 4.69) is 26.7 Å². The van der Waals surface area contributed by atoms with Gasteiger partial charge in [0.15, 0.2) is 0 Å². The number of carbonyl (C=O) groups is 1. The predicted molar refractivity (Wildman–Crippen MR) is 72.8 cm³/mol. The molecule has 0 saturated heterocycles. The Morgan fingerprint density at radius 3 is 2.44 bits per heavy atom. The zero-order chi connectivity index (χ0) is 13.2. The summed E-state index contributed by atoms with van der Waals surface area (Å²) in [5.74, 6) is 4.48. The first-order valence-electron chi connectivity index (χ1n) is 7.39. The van der Waals surface area contributed by atoms with Gasteiger partial charge >= 0.3 is 0 Å². The molecule has 3 saturated carbocycles. The molecule has 0 amide bonds. The van der Waals surface area contributed by atoms with Crippen LogP contribution in [0.5, 0.6) is 0 Å². The molecule has 0 aliphatic heterocycles. The fourth-order valence-corrected chi connectivity index (χ4v) is 5.92. The molecule has 1 heteroatoms. The van der Waals surface area contributed by atoms with Crippen LogP contribution in [0.25, 0.3) is 0 Å². The van der Waals surface area contributed by atoms with Crippen molar-refractivity contribution in [3.05, 3.63) is 0 Å². The summed E-state index contributed by atoms with van der Waals surface area (Å²) in [6, 6.07) is 0. The van der Waals surface area contributed by atoms with Gasteiger partial charge in [0.05, 0.1) is 5.41 Å². The maximum Gasteiger partial charge on any atom is 0.137 e. The van der Waals surface area contributed by atoms with E-state index in [0.29, 0.717) is 11.7 Å². The maximum absolute atomic E-state index is 12.3. The second-order valence-electron chi connectivity index (χ2n) is 7.59. The first-order chi connectivity index (χ1) is 8.39. The van der Waals surface area contributed by atoms with Gasteiger partial charge in [-0.05, 0) is 48.9 Å². The molecule has 0 aromatic carbocycles. The molecule has 4 atom stereocenters. The summed E-state index contributed by atoms with van der Waals surface area (Å²) >= 11 is 0. The van der Waals surface area contributed by atoms with Gasteiger partial charge in [-0.15, -0.1) is 6.42 Å². The van der Waals surface area contributed by atoms with Crippen LogP contribution >= 0.6 is 0 Å². The molecule has 0 aromatic rings. The quantitative estimate of drug-likeness (QED) is 0.641. The average Bonchev–Trinajstić information content (AvgIpc) is 2.92. The minimum atomic E-state index is -0.184. The van der Waals surface area contributed by atoms with Crippen molar-refractivity contribution in [2.24, 2.45) is 28.1 Å². The van der Waals surface area contributed by atoms with Gasteiger partial charge in [0, 0.05) is 12.3 Å². The predicted octanol–water partition coefficient (Wildman–Crippen LogP) is 3.82. The van der Waals surface area contributed by atoms with Gasteiger partial charge in [-0.1, -0.05) is 26.7 Å². The lowest BCUT2D eigenvalue weighted by Crippen LogP contribution is -2.52. The van der Waals surface area contributed by atoms with E-state index in [1.807, 2.05) is 0 Å². The smallest absolute Gasteiger partial charge is 0.137 e. The Balaban J connectivity index is 2.16. The monoisotopic (exact) mass is 244 g/mol. The second-order valence-corrected chi connectivity index (χ2v) is 7.59. The highest BCUT2D eigenvalue weighted by Crippen LogP contribution is 2.75. The van der Waals surface area contributed by atoms with Gasteiger partial charge in [0.25, 0.3) is 0 Å². The highest BCUT2D eigenvalue weighted by Gasteiger charge is 2.71. The van der Waals surface area contributed by atoms with Crippen molar-refractivity contribution in [3.63, 3.8) is 0 Å². The fraction of sp³-hybridized carbons (Fsp3) is 0.824. The normalized spacial score (nSPS) is 49.6. The highest BCUT2D eigenvalue weighted by molar-refractivity contribution is 5.84. The Labute approximate surface area is 111 Å². The molecule has 3 aliphatic rings. The SMILES string of the molecule is C#CC1(C2CCCC2=O)C2(C)CCC(C2)C1(C)C. The Morgan fingerprint density at radius 2 is 2.00 bits per heavy atom. The van der Waals surface area contributed by atoms with Crippen LogP contribution in [-0.4, -0.2) is 5.78 Å². The summed E-state index contributed by atoms with van der Waals surface area (Å²) in [5.41, 5.74) is 0.135. The van der Waals surface area contributed by atoms with Crippen molar-refractivity contribution in [1.82, 2.24) is 0 Å². The van der Waals surface area contributed by atoms with Crippen LogP contribution in [0.3, 0.4) is 0 Å². The Kier molecular flexibility index (Phi) is 2.32. The third-order valence-corrected chi connectivity index (χ3v) is 6.79. The van der Waals surface area contributed by atoms with Gasteiger partial charge in [-0.3, -0.25) is 4.79 Å². The second kappa shape index (κ2) is 3.41. The lowest BCUT2D eigenvalue weighted by molar-refractivity contribution is -0.131. The van der Waals surface area contributed by atoms with Crippen LogP contribution in [0.1, 0.15) is 59.3 Å². The van der Waals surface area contributed by atoms with Crippen molar-refractivity contribution in [2.75, 3.05) is 0 Å². The number of carbonyl (C=O) groups excluding carboxylic acids is 1. The molecule has 0 radical (unpaired) electrons. The van der Waals surface area contributed by atoms with Crippen LogP contribution in [0, 0.1) is 40.4 Å². The minimum Gasteiger partial charge on any atom is -0.299 e. The number of Topliss-reactive ketones (excluding diaryl/α,β-unsaturated/α-hetero) is 1. The number of terminal acetylenes is 1. The van der Waals surface area contributed by atoms with Crippen molar-refractivity contribution in [1.29, 1.82) is 0 Å². The highest BCUT2D eigenvalue weighted by atomic mass is 16.1. The van der Waals surface area contributed by atoms with E-state index in [4.69, 9.17) is 6.42 Å². The van der Waals surface area contributed by atoms with E-state index in [9.17, 15) is 4.79 Å². The van der Waals surface area contributed by atoms with E-state index >= 15 is 0 Å². The summed E-state index contributed by atoms with van der Waals surface area (Å²) in [6.45, 7) is 7.01. The molecule has 0 aromatic heterocycles. The average molecular weight is 244 g/mol. The van der Waals surface area contributed by atoms with E-state index in [1.54, 1.807) is 0 Å². The van der Waals surface area contributed by atoms with Gasteiger partial charge in [-0.2, -0.15) is 0 Å². The van der Waals surface area contributed by atoms with Crippen LogP contribution in [0.15, 0.2) is 0 Å². The molecule has 0 spiro atoms. The fourth-order valence-electron chi connectivity index (χ4n) is 5.92. The van der Waals surface area contributed by atoms with E-state index < -0.39 is 0 Å². The molecular formula is C17H24O. The lowest BCUT2D eigenvalue weighted by Gasteiger charge is -2.54. The van der Waals surface area contributed by atoms with Crippen molar-refractivity contribution >= 4 is 5.78 Å². The lowest BCUT2D eigenvalue weighted by atomic mass is 9.48. The zero-order valence-electron chi connectivity index (χ0n) is 11.9. The van der Waals surface area contributed by atoms with Crippen LogP contribution < -0.4 is 0 Å². The van der Waals surface area contributed by atoms with Gasteiger partial charge in [0.2, 0.25) is 0 Å². The largest absolute Gasteiger partial charge is 0.299 e. The van der Waals surface area contributed by atoms with Crippen molar-refractivity contribution in [2.45, 2.75) is 59.3 Å².